The Hall–Kier alpha value is -2.96. The zero-order valence-corrected chi connectivity index (χ0v) is 14.9. The van der Waals surface area contributed by atoms with Gasteiger partial charge in [0, 0.05) is 44.3 Å². The molecule has 0 bridgehead atoms. The lowest BCUT2D eigenvalue weighted by atomic mass is 10.3. The first kappa shape index (κ1) is 17.8. The molecule has 138 valence electrons. The molecule has 2 amide bonds. The standard InChI is InChI=1S/C19H24N4O3/c1-25-17-2-4-18(5-3-17)26-15-10-21-19(24)23-13-11-22(12-14-23)16-6-8-20-9-7-16/h2-9H,10-15H2,1H3,(H,21,24). The number of methoxy groups -OCH3 is 1. The molecular weight excluding hydrogens is 332 g/mol. The highest BCUT2D eigenvalue weighted by atomic mass is 16.5. The molecule has 0 radical (unpaired) electrons. The number of ether oxygens (including phenoxy) is 2. The predicted molar refractivity (Wildman–Crippen MR) is 99.9 cm³/mol. The van der Waals surface area contributed by atoms with Gasteiger partial charge >= 0.3 is 6.03 Å². The molecule has 1 aliphatic heterocycles. The maximum absolute atomic E-state index is 12.3. The average Bonchev–Trinajstić information content (AvgIpc) is 2.72. The van der Waals surface area contributed by atoms with Gasteiger partial charge in [0.1, 0.15) is 18.1 Å². The van der Waals surface area contributed by atoms with Gasteiger partial charge in [-0.15, -0.1) is 0 Å². The number of hydrogen-bond donors (Lipinski definition) is 1. The molecule has 1 N–H and O–H groups in total. The summed E-state index contributed by atoms with van der Waals surface area (Å²) in [4.78, 5) is 20.4. The van der Waals surface area contributed by atoms with E-state index in [1.165, 1.54) is 0 Å². The maximum Gasteiger partial charge on any atom is 0.317 e. The van der Waals surface area contributed by atoms with Crippen molar-refractivity contribution in [2.24, 2.45) is 0 Å². The van der Waals surface area contributed by atoms with E-state index in [4.69, 9.17) is 9.47 Å². The van der Waals surface area contributed by atoms with Gasteiger partial charge in [0.2, 0.25) is 0 Å². The number of anilines is 1. The summed E-state index contributed by atoms with van der Waals surface area (Å²) >= 11 is 0. The summed E-state index contributed by atoms with van der Waals surface area (Å²) in [6.45, 7) is 3.94. The number of rotatable bonds is 6. The van der Waals surface area contributed by atoms with E-state index in [0.29, 0.717) is 26.2 Å². The minimum absolute atomic E-state index is 0.0438. The number of hydrogen-bond acceptors (Lipinski definition) is 5. The molecule has 0 saturated carbocycles. The van der Waals surface area contributed by atoms with Crippen molar-refractivity contribution in [2.45, 2.75) is 0 Å². The van der Waals surface area contributed by atoms with Gasteiger partial charge in [-0.05, 0) is 36.4 Å². The summed E-state index contributed by atoms with van der Waals surface area (Å²) in [7, 11) is 1.63. The minimum atomic E-state index is -0.0438. The summed E-state index contributed by atoms with van der Waals surface area (Å²) < 4.78 is 10.7. The van der Waals surface area contributed by atoms with Crippen molar-refractivity contribution in [3.63, 3.8) is 0 Å². The summed E-state index contributed by atoms with van der Waals surface area (Å²) in [5.41, 5.74) is 1.15. The molecule has 1 aromatic carbocycles. The molecule has 2 heterocycles. The number of benzene rings is 1. The molecule has 1 fully saturated rings. The first-order chi connectivity index (χ1) is 12.8. The summed E-state index contributed by atoms with van der Waals surface area (Å²) in [6, 6.07) is 11.3. The molecule has 7 heteroatoms. The fourth-order valence-electron chi connectivity index (χ4n) is 2.83. The van der Waals surface area contributed by atoms with Crippen molar-refractivity contribution in [2.75, 3.05) is 51.3 Å². The van der Waals surface area contributed by atoms with Crippen molar-refractivity contribution < 1.29 is 14.3 Å². The second-order valence-corrected chi connectivity index (χ2v) is 5.94. The van der Waals surface area contributed by atoms with Crippen molar-refractivity contribution in [3.05, 3.63) is 48.8 Å². The number of nitrogens with zero attached hydrogens (tertiary/aromatic N) is 3. The highest BCUT2D eigenvalue weighted by Crippen LogP contribution is 2.17. The molecule has 7 nitrogen and oxygen atoms in total. The third kappa shape index (κ3) is 4.78. The van der Waals surface area contributed by atoms with E-state index >= 15 is 0 Å². The maximum atomic E-state index is 12.3. The summed E-state index contributed by atoms with van der Waals surface area (Å²) in [6.07, 6.45) is 3.58. The predicted octanol–water partition coefficient (Wildman–Crippen LogP) is 2.00. The van der Waals surface area contributed by atoms with Gasteiger partial charge in [-0.1, -0.05) is 0 Å². The Kier molecular flexibility index (Phi) is 6.14. The molecule has 26 heavy (non-hydrogen) atoms. The van der Waals surface area contributed by atoms with Crippen LogP contribution in [0.15, 0.2) is 48.8 Å². The van der Waals surface area contributed by atoms with Crippen molar-refractivity contribution in [1.29, 1.82) is 0 Å². The molecule has 1 aromatic heterocycles. The van der Waals surface area contributed by atoms with E-state index in [1.807, 2.05) is 41.3 Å². The number of pyridine rings is 1. The highest BCUT2D eigenvalue weighted by Gasteiger charge is 2.20. The van der Waals surface area contributed by atoms with Crippen LogP contribution in [0.4, 0.5) is 10.5 Å². The Balaban J connectivity index is 1.35. The topological polar surface area (TPSA) is 66.9 Å². The van der Waals surface area contributed by atoms with Gasteiger partial charge in [0.15, 0.2) is 0 Å². The number of piperazine rings is 1. The lowest BCUT2D eigenvalue weighted by Gasteiger charge is -2.36. The molecular formula is C19H24N4O3. The van der Waals surface area contributed by atoms with Gasteiger partial charge in [-0.3, -0.25) is 4.98 Å². The lowest BCUT2D eigenvalue weighted by molar-refractivity contribution is 0.191. The van der Waals surface area contributed by atoms with Gasteiger partial charge in [0.05, 0.1) is 13.7 Å². The van der Waals surface area contributed by atoms with E-state index in [0.717, 1.165) is 30.3 Å². The molecule has 0 spiro atoms. The smallest absolute Gasteiger partial charge is 0.317 e. The zero-order valence-electron chi connectivity index (χ0n) is 14.9. The zero-order chi connectivity index (χ0) is 18.2. The highest BCUT2D eigenvalue weighted by molar-refractivity contribution is 5.74. The molecule has 2 aromatic rings. The third-order valence-corrected chi connectivity index (χ3v) is 4.30. The number of carbonyl (C=O) groups is 1. The quantitative estimate of drug-likeness (QED) is 0.802. The van der Waals surface area contributed by atoms with Crippen LogP contribution in [0.5, 0.6) is 11.5 Å². The fourth-order valence-corrected chi connectivity index (χ4v) is 2.83. The van der Waals surface area contributed by atoms with Crippen LogP contribution >= 0.6 is 0 Å². The molecule has 0 atom stereocenters. The number of urea groups is 1. The van der Waals surface area contributed by atoms with Crippen LogP contribution < -0.4 is 19.7 Å². The lowest BCUT2D eigenvalue weighted by Crippen LogP contribution is -2.52. The van der Waals surface area contributed by atoms with Crippen LogP contribution in [0.1, 0.15) is 0 Å². The second kappa shape index (κ2) is 8.94. The van der Waals surface area contributed by atoms with E-state index < -0.39 is 0 Å². The SMILES string of the molecule is COc1ccc(OCCNC(=O)N2CCN(c3ccncc3)CC2)cc1. The Morgan fingerprint density at radius 1 is 1.04 bits per heavy atom. The summed E-state index contributed by atoms with van der Waals surface area (Å²) in [5.74, 6) is 1.54. The van der Waals surface area contributed by atoms with E-state index in [2.05, 4.69) is 15.2 Å². The van der Waals surface area contributed by atoms with Gasteiger partial charge in [-0.2, -0.15) is 0 Å². The van der Waals surface area contributed by atoms with Gasteiger partial charge in [0.25, 0.3) is 0 Å². The van der Waals surface area contributed by atoms with E-state index in [1.54, 1.807) is 19.5 Å². The Morgan fingerprint density at radius 3 is 2.35 bits per heavy atom. The molecule has 3 rings (SSSR count). The Labute approximate surface area is 153 Å². The number of carbonyl (C=O) groups excluding carboxylic acids is 1. The third-order valence-electron chi connectivity index (χ3n) is 4.30. The molecule has 0 unspecified atom stereocenters. The van der Waals surface area contributed by atoms with Crippen molar-refractivity contribution in [3.8, 4) is 11.5 Å². The summed E-state index contributed by atoms with van der Waals surface area (Å²) in [5, 5.41) is 2.91. The molecule has 0 aliphatic carbocycles. The largest absolute Gasteiger partial charge is 0.497 e. The minimum Gasteiger partial charge on any atom is -0.497 e. The fraction of sp³-hybridized carbons (Fsp3) is 0.368. The van der Waals surface area contributed by atoms with Crippen molar-refractivity contribution in [1.82, 2.24) is 15.2 Å². The van der Waals surface area contributed by atoms with Crippen LogP contribution in [0.25, 0.3) is 0 Å². The Morgan fingerprint density at radius 2 is 1.69 bits per heavy atom. The van der Waals surface area contributed by atoms with Crippen LogP contribution in [0, 0.1) is 0 Å². The van der Waals surface area contributed by atoms with Gasteiger partial charge in [-0.25, -0.2) is 4.79 Å². The normalized spacial score (nSPS) is 14.0. The molecule has 1 aliphatic rings. The van der Waals surface area contributed by atoms with Crippen LogP contribution in [-0.4, -0.2) is 62.4 Å². The van der Waals surface area contributed by atoms with Crippen LogP contribution in [0.2, 0.25) is 0 Å². The number of nitrogens with one attached hydrogen (secondary N) is 1. The first-order valence-electron chi connectivity index (χ1n) is 8.71. The van der Waals surface area contributed by atoms with Gasteiger partial charge < -0.3 is 24.6 Å². The monoisotopic (exact) mass is 356 g/mol. The van der Waals surface area contributed by atoms with Crippen molar-refractivity contribution >= 4 is 11.7 Å². The number of aromatic nitrogens is 1. The van der Waals surface area contributed by atoms with Crippen LogP contribution in [0.3, 0.4) is 0 Å². The number of amides is 2. The van der Waals surface area contributed by atoms with E-state index in [9.17, 15) is 4.79 Å². The van der Waals surface area contributed by atoms with E-state index in [-0.39, 0.29) is 6.03 Å². The van der Waals surface area contributed by atoms with Crippen LogP contribution in [-0.2, 0) is 0 Å². The molecule has 1 saturated heterocycles. The average molecular weight is 356 g/mol. The Bertz CT molecular complexity index is 686. The second-order valence-electron chi connectivity index (χ2n) is 5.94. The first-order valence-corrected chi connectivity index (χ1v) is 8.71.